The largest absolute Gasteiger partial charge is 0.309 e. The molecule has 0 radical (unpaired) electrons. The summed E-state index contributed by atoms with van der Waals surface area (Å²) < 4.78 is 0.740. The number of aromatic nitrogens is 2. The molecule has 1 N–H and O–H groups in total. The van der Waals surface area contributed by atoms with Crippen molar-refractivity contribution in [2.45, 2.75) is 38.5 Å². The first-order chi connectivity index (χ1) is 9.69. The molecule has 0 fully saturated rings. The molecular weight excluding hydrogens is 363 g/mol. The molecule has 1 heterocycles. The minimum atomic E-state index is 0.00926. The van der Waals surface area contributed by atoms with Crippen LogP contribution in [-0.4, -0.2) is 9.97 Å². The number of hydrogen-bond acceptors (Lipinski definition) is 2. The first-order valence-electron chi connectivity index (χ1n) is 7.04. The van der Waals surface area contributed by atoms with Gasteiger partial charge >= 0.3 is 0 Å². The standard InChI is InChI=1S/C16H17IN2O/c1-2-5-13-14(17)16(20)19-15(18-13)12-8-10-6-3-4-7-11(10)9-12/h3-4,6-7,12H,2,5,8-9H2,1H3,(H,18,19,20). The van der Waals surface area contributed by atoms with E-state index >= 15 is 0 Å². The number of rotatable bonds is 3. The number of H-pyrrole nitrogens is 1. The van der Waals surface area contributed by atoms with Gasteiger partial charge in [-0.15, -0.1) is 0 Å². The van der Waals surface area contributed by atoms with E-state index in [0.29, 0.717) is 5.92 Å². The number of hydrogen-bond donors (Lipinski definition) is 1. The molecule has 0 spiro atoms. The van der Waals surface area contributed by atoms with Crippen molar-refractivity contribution in [1.29, 1.82) is 0 Å². The highest BCUT2D eigenvalue weighted by molar-refractivity contribution is 14.1. The predicted molar refractivity (Wildman–Crippen MR) is 88.2 cm³/mol. The minimum absolute atomic E-state index is 0.00926. The average Bonchev–Trinajstić information content (AvgIpc) is 2.87. The molecule has 0 saturated carbocycles. The molecule has 1 aromatic carbocycles. The molecule has 104 valence electrons. The molecule has 0 atom stereocenters. The van der Waals surface area contributed by atoms with Crippen LogP contribution < -0.4 is 5.56 Å². The molecule has 1 aromatic heterocycles. The fraction of sp³-hybridized carbons (Fsp3) is 0.375. The van der Waals surface area contributed by atoms with Crippen LogP contribution in [0.1, 0.15) is 41.9 Å². The maximum Gasteiger partial charge on any atom is 0.264 e. The molecule has 0 saturated heterocycles. The molecule has 0 aliphatic heterocycles. The SMILES string of the molecule is CCCc1nc(C2Cc3ccccc3C2)[nH]c(=O)c1I. The monoisotopic (exact) mass is 380 g/mol. The Morgan fingerprint density at radius 1 is 1.30 bits per heavy atom. The lowest BCUT2D eigenvalue weighted by atomic mass is 10.1. The van der Waals surface area contributed by atoms with Gasteiger partial charge in [-0.25, -0.2) is 4.98 Å². The van der Waals surface area contributed by atoms with Crippen LogP contribution >= 0.6 is 22.6 Å². The van der Waals surface area contributed by atoms with Crippen molar-refractivity contribution in [2.24, 2.45) is 0 Å². The van der Waals surface area contributed by atoms with Crippen LogP contribution in [0.3, 0.4) is 0 Å². The summed E-state index contributed by atoms with van der Waals surface area (Å²) in [6, 6.07) is 8.50. The molecule has 2 aromatic rings. The van der Waals surface area contributed by atoms with Crippen molar-refractivity contribution >= 4 is 22.6 Å². The maximum absolute atomic E-state index is 12.1. The van der Waals surface area contributed by atoms with Gasteiger partial charge in [0.2, 0.25) is 0 Å². The number of aryl methyl sites for hydroxylation is 1. The van der Waals surface area contributed by atoms with E-state index < -0.39 is 0 Å². The minimum Gasteiger partial charge on any atom is -0.309 e. The van der Waals surface area contributed by atoms with Gasteiger partial charge < -0.3 is 4.98 Å². The van der Waals surface area contributed by atoms with E-state index in [1.807, 2.05) is 0 Å². The summed E-state index contributed by atoms with van der Waals surface area (Å²) in [4.78, 5) is 19.8. The lowest BCUT2D eigenvalue weighted by Crippen LogP contribution is -2.20. The molecule has 1 aliphatic carbocycles. The first kappa shape index (κ1) is 13.8. The van der Waals surface area contributed by atoms with Gasteiger partial charge in [-0.2, -0.15) is 0 Å². The van der Waals surface area contributed by atoms with Gasteiger partial charge in [-0.3, -0.25) is 4.79 Å². The van der Waals surface area contributed by atoms with E-state index in [0.717, 1.165) is 40.8 Å². The van der Waals surface area contributed by atoms with E-state index in [9.17, 15) is 4.79 Å². The maximum atomic E-state index is 12.1. The van der Waals surface area contributed by atoms with Crippen molar-refractivity contribution in [1.82, 2.24) is 9.97 Å². The number of aromatic amines is 1. The second-order valence-corrected chi connectivity index (χ2v) is 6.41. The van der Waals surface area contributed by atoms with Gasteiger partial charge in [0.15, 0.2) is 0 Å². The number of nitrogens with one attached hydrogen (secondary N) is 1. The first-order valence-corrected chi connectivity index (χ1v) is 8.12. The molecule has 0 amide bonds. The predicted octanol–water partition coefficient (Wildman–Crippen LogP) is 3.21. The quantitative estimate of drug-likeness (QED) is 0.832. The van der Waals surface area contributed by atoms with E-state index in [1.54, 1.807) is 0 Å². The Hall–Kier alpha value is -1.17. The number of nitrogens with zero attached hydrogens (tertiary/aromatic N) is 1. The van der Waals surface area contributed by atoms with Crippen LogP contribution in [0.25, 0.3) is 0 Å². The summed E-state index contributed by atoms with van der Waals surface area (Å²) in [5.74, 6) is 1.17. The molecule has 0 unspecified atom stereocenters. The fourth-order valence-electron chi connectivity index (χ4n) is 2.87. The number of fused-ring (bicyclic) bond motifs is 1. The van der Waals surface area contributed by atoms with E-state index in [4.69, 9.17) is 4.98 Å². The van der Waals surface area contributed by atoms with Gasteiger partial charge in [0, 0.05) is 5.92 Å². The van der Waals surface area contributed by atoms with Gasteiger partial charge in [0.05, 0.1) is 9.26 Å². The molecule has 3 rings (SSSR count). The Bertz CT molecular complexity index is 668. The Labute approximate surface area is 132 Å². The third-order valence-corrected chi connectivity index (χ3v) is 4.99. The lowest BCUT2D eigenvalue weighted by Gasteiger charge is -2.11. The van der Waals surface area contributed by atoms with Crippen molar-refractivity contribution in [3.8, 4) is 0 Å². The van der Waals surface area contributed by atoms with E-state index in [2.05, 4.69) is 58.8 Å². The molecule has 0 bridgehead atoms. The highest BCUT2D eigenvalue weighted by atomic mass is 127. The summed E-state index contributed by atoms with van der Waals surface area (Å²) in [5.41, 5.74) is 3.73. The van der Waals surface area contributed by atoms with Gasteiger partial charge in [0.25, 0.3) is 5.56 Å². The zero-order valence-electron chi connectivity index (χ0n) is 11.4. The van der Waals surface area contributed by atoms with E-state index in [-0.39, 0.29) is 5.56 Å². The lowest BCUT2D eigenvalue weighted by molar-refractivity contribution is 0.663. The van der Waals surface area contributed by atoms with Crippen molar-refractivity contribution in [2.75, 3.05) is 0 Å². The van der Waals surface area contributed by atoms with Crippen LogP contribution in [0.5, 0.6) is 0 Å². The molecule has 1 aliphatic rings. The molecule has 3 nitrogen and oxygen atoms in total. The molecular formula is C16H17IN2O. The average molecular weight is 380 g/mol. The van der Waals surface area contributed by atoms with Crippen LogP contribution in [0.2, 0.25) is 0 Å². The summed E-state index contributed by atoms with van der Waals surface area (Å²) in [7, 11) is 0. The Kier molecular flexibility index (Phi) is 3.92. The van der Waals surface area contributed by atoms with Gasteiger partial charge in [-0.05, 0) is 53.0 Å². The third kappa shape index (κ3) is 2.53. The van der Waals surface area contributed by atoms with Gasteiger partial charge in [-0.1, -0.05) is 37.6 Å². The summed E-state index contributed by atoms with van der Waals surface area (Å²) in [5, 5.41) is 0. The summed E-state index contributed by atoms with van der Waals surface area (Å²) in [6.07, 6.45) is 3.84. The number of halogens is 1. The van der Waals surface area contributed by atoms with Crippen LogP contribution in [-0.2, 0) is 19.3 Å². The van der Waals surface area contributed by atoms with Gasteiger partial charge in [0.1, 0.15) is 5.82 Å². The Morgan fingerprint density at radius 2 is 1.95 bits per heavy atom. The van der Waals surface area contributed by atoms with Crippen LogP contribution in [0, 0.1) is 3.57 Å². The normalized spacial score (nSPS) is 14.5. The van der Waals surface area contributed by atoms with Crippen LogP contribution in [0.15, 0.2) is 29.1 Å². The molecule has 4 heteroatoms. The second-order valence-electron chi connectivity index (χ2n) is 5.34. The second kappa shape index (κ2) is 5.68. The highest BCUT2D eigenvalue weighted by Crippen LogP contribution is 2.32. The zero-order chi connectivity index (χ0) is 14.1. The fourth-order valence-corrected chi connectivity index (χ4v) is 3.40. The third-order valence-electron chi connectivity index (χ3n) is 3.87. The van der Waals surface area contributed by atoms with Crippen LogP contribution in [0.4, 0.5) is 0 Å². The zero-order valence-corrected chi connectivity index (χ0v) is 13.6. The summed E-state index contributed by atoms with van der Waals surface area (Å²) >= 11 is 2.10. The summed E-state index contributed by atoms with van der Waals surface area (Å²) in [6.45, 7) is 2.12. The van der Waals surface area contributed by atoms with Crippen molar-refractivity contribution < 1.29 is 0 Å². The van der Waals surface area contributed by atoms with Crippen molar-refractivity contribution in [3.05, 3.63) is 60.8 Å². The number of benzene rings is 1. The molecule has 20 heavy (non-hydrogen) atoms. The Balaban J connectivity index is 1.95. The van der Waals surface area contributed by atoms with Crippen molar-refractivity contribution in [3.63, 3.8) is 0 Å². The Morgan fingerprint density at radius 3 is 2.55 bits per heavy atom. The highest BCUT2D eigenvalue weighted by Gasteiger charge is 2.25. The topological polar surface area (TPSA) is 45.8 Å². The van der Waals surface area contributed by atoms with E-state index in [1.165, 1.54) is 11.1 Å². The smallest absolute Gasteiger partial charge is 0.264 e.